The van der Waals surface area contributed by atoms with Crippen molar-refractivity contribution in [2.24, 2.45) is 17.6 Å². The standard InChI is InChI=1S/C15H32N2OS/c1-13(2)10-14(12-16)11-15(18)17-8-6-4-5-7-9-19-3/h13-14H,4-12,16H2,1-3H3,(H,17,18)/t14-/m0/s1. The van der Waals surface area contributed by atoms with Crippen molar-refractivity contribution in [2.45, 2.75) is 52.4 Å². The number of amides is 1. The van der Waals surface area contributed by atoms with Gasteiger partial charge in [0.2, 0.25) is 5.91 Å². The number of thioether (sulfide) groups is 1. The first kappa shape index (κ1) is 18.8. The van der Waals surface area contributed by atoms with E-state index < -0.39 is 0 Å². The van der Waals surface area contributed by atoms with Crippen LogP contribution in [0.15, 0.2) is 0 Å². The molecule has 3 N–H and O–H groups in total. The van der Waals surface area contributed by atoms with Crippen LogP contribution in [0.4, 0.5) is 0 Å². The zero-order chi connectivity index (χ0) is 14.5. The van der Waals surface area contributed by atoms with E-state index in [1.807, 2.05) is 11.8 Å². The summed E-state index contributed by atoms with van der Waals surface area (Å²) >= 11 is 1.90. The first-order valence-electron chi connectivity index (χ1n) is 7.55. The summed E-state index contributed by atoms with van der Waals surface area (Å²) in [4.78, 5) is 11.8. The van der Waals surface area contributed by atoms with Crippen LogP contribution in [0, 0.1) is 11.8 Å². The monoisotopic (exact) mass is 288 g/mol. The minimum absolute atomic E-state index is 0.167. The molecule has 19 heavy (non-hydrogen) atoms. The van der Waals surface area contributed by atoms with E-state index in [1.54, 1.807) is 0 Å². The average Bonchev–Trinajstić information content (AvgIpc) is 2.36. The number of nitrogens with one attached hydrogen (secondary N) is 1. The Labute approximate surface area is 123 Å². The first-order valence-corrected chi connectivity index (χ1v) is 8.95. The van der Waals surface area contributed by atoms with E-state index in [-0.39, 0.29) is 5.91 Å². The number of nitrogens with two attached hydrogens (primary N) is 1. The van der Waals surface area contributed by atoms with Gasteiger partial charge in [0.15, 0.2) is 0 Å². The lowest BCUT2D eigenvalue weighted by Crippen LogP contribution is -2.29. The largest absolute Gasteiger partial charge is 0.356 e. The van der Waals surface area contributed by atoms with E-state index in [9.17, 15) is 4.79 Å². The number of hydrogen-bond acceptors (Lipinski definition) is 3. The van der Waals surface area contributed by atoms with E-state index in [0.29, 0.717) is 24.8 Å². The highest BCUT2D eigenvalue weighted by Crippen LogP contribution is 2.14. The predicted molar refractivity (Wildman–Crippen MR) is 86.5 cm³/mol. The second-order valence-corrected chi connectivity index (χ2v) is 6.68. The summed E-state index contributed by atoms with van der Waals surface area (Å²) in [7, 11) is 0. The molecule has 114 valence electrons. The van der Waals surface area contributed by atoms with Gasteiger partial charge in [0.25, 0.3) is 0 Å². The lowest BCUT2D eigenvalue weighted by molar-refractivity contribution is -0.122. The maximum Gasteiger partial charge on any atom is 0.220 e. The quantitative estimate of drug-likeness (QED) is 0.543. The average molecular weight is 289 g/mol. The van der Waals surface area contributed by atoms with E-state index in [1.165, 1.54) is 25.0 Å². The zero-order valence-electron chi connectivity index (χ0n) is 12.9. The van der Waals surface area contributed by atoms with Crippen LogP contribution in [-0.2, 0) is 4.79 Å². The first-order chi connectivity index (χ1) is 9.10. The molecule has 0 aliphatic rings. The number of unbranched alkanes of at least 4 members (excludes halogenated alkanes) is 3. The van der Waals surface area contributed by atoms with Gasteiger partial charge in [-0.2, -0.15) is 11.8 Å². The molecule has 0 aromatic heterocycles. The van der Waals surface area contributed by atoms with Crippen LogP contribution in [0.25, 0.3) is 0 Å². The third-order valence-electron chi connectivity index (χ3n) is 3.21. The summed E-state index contributed by atoms with van der Waals surface area (Å²) in [5, 5.41) is 3.01. The molecular weight excluding hydrogens is 256 g/mol. The predicted octanol–water partition coefficient (Wildman–Crippen LogP) is 3.04. The molecule has 0 bridgehead atoms. The van der Waals surface area contributed by atoms with Crippen LogP contribution in [0.3, 0.4) is 0 Å². The lowest BCUT2D eigenvalue weighted by Gasteiger charge is -2.16. The van der Waals surface area contributed by atoms with Crippen molar-refractivity contribution < 1.29 is 4.79 Å². The van der Waals surface area contributed by atoms with E-state index in [0.717, 1.165) is 19.4 Å². The Balaban J connectivity index is 3.52. The van der Waals surface area contributed by atoms with Crippen LogP contribution in [0.1, 0.15) is 52.4 Å². The van der Waals surface area contributed by atoms with Gasteiger partial charge in [0, 0.05) is 13.0 Å². The smallest absolute Gasteiger partial charge is 0.220 e. The van der Waals surface area contributed by atoms with Crippen LogP contribution < -0.4 is 11.1 Å². The van der Waals surface area contributed by atoms with Crippen molar-refractivity contribution in [3.05, 3.63) is 0 Å². The topological polar surface area (TPSA) is 55.1 Å². The molecule has 0 aliphatic heterocycles. The Hall–Kier alpha value is -0.220. The molecule has 0 radical (unpaired) electrons. The molecule has 0 aromatic carbocycles. The lowest BCUT2D eigenvalue weighted by atomic mass is 9.94. The van der Waals surface area contributed by atoms with Gasteiger partial charge in [-0.05, 0) is 49.7 Å². The fourth-order valence-electron chi connectivity index (χ4n) is 2.22. The van der Waals surface area contributed by atoms with Gasteiger partial charge < -0.3 is 11.1 Å². The summed E-state index contributed by atoms with van der Waals surface area (Å²) < 4.78 is 0. The van der Waals surface area contributed by atoms with Crippen molar-refractivity contribution in [3.8, 4) is 0 Å². The highest BCUT2D eigenvalue weighted by molar-refractivity contribution is 7.98. The number of rotatable bonds is 12. The molecule has 1 atom stereocenters. The number of carbonyl (C=O) groups is 1. The molecule has 0 rings (SSSR count). The minimum Gasteiger partial charge on any atom is -0.356 e. The summed E-state index contributed by atoms with van der Waals surface area (Å²) in [6.45, 7) is 5.78. The molecule has 0 heterocycles. The number of hydrogen-bond donors (Lipinski definition) is 2. The maximum atomic E-state index is 11.8. The van der Waals surface area contributed by atoms with Gasteiger partial charge in [-0.3, -0.25) is 4.79 Å². The van der Waals surface area contributed by atoms with Crippen molar-refractivity contribution in [3.63, 3.8) is 0 Å². The van der Waals surface area contributed by atoms with Gasteiger partial charge in [-0.1, -0.05) is 26.7 Å². The van der Waals surface area contributed by atoms with Crippen molar-refractivity contribution in [1.82, 2.24) is 5.32 Å². The fourth-order valence-corrected chi connectivity index (χ4v) is 2.71. The van der Waals surface area contributed by atoms with Gasteiger partial charge >= 0.3 is 0 Å². The summed E-state index contributed by atoms with van der Waals surface area (Å²) in [6.07, 6.45) is 8.64. The molecule has 0 saturated carbocycles. The Kier molecular flexibility index (Phi) is 12.6. The third kappa shape index (κ3) is 12.6. The fraction of sp³-hybridized carbons (Fsp3) is 0.933. The van der Waals surface area contributed by atoms with E-state index in [4.69, 9.17) is 5.73 Å². The Morgan fingerprint density at radius 2 is 1.89 bits per heavy atom. The zero-order valence-corrected chi connectivity index (χ0v) is 13.7. The Morgan fingerprint density at radius 3 is 2.47 bits per heavy atom. The molecule has 3 nitrogen and oxygen atoms in total. The highest BCUT2D eigenvalue weighted by atomic mass is 32.2. The number of carbonyl (C=O) groups excluding carboxylic acids is 1. The maximum absolute atomic E-state index is 11.8. The van der Waals surface area contributed by atoms with E-state index in [2.05, 4.69) is 25.4 Å². The molecular formula is C15H32N2OS. The summed E-state index contributed by atoms with van der Waals surface area (Å²) in [6, 6.07) is 0. The molecule has 4 heteroatoms. The third-order valence-corrected chi connectivity index (χ3v) is 3.91. The highest BCUT2D eigenvalue weighted by Gasteiger charge is 2.13. The Morgan fingerprint density at radius 1 is 1.21 bits per heavy atom. The second kappa shape index (κ2) is 12.8. The van der Waals surface area contributed by atoms with Crippen molar-refractivity contribution >= 4 is 17.7 Å². The van der Waals surface area contributed by atoms with E-state index >= 15 is 0 Å². The van der Waals surface area contributed by atoms with Crippen LogP contribution in [-0.4, -0.2) is 31.0 Å². The second-order valence-electron chi connectivity index (χ2n) is 5.69. The molecule has 0 spiro atoms. The van der Waals surface area contributed by atoms with Crippen LogP contribution in [0.5, 0.6) is 0 Å². The molecule has 0 aromatic rings. The van der Waals surface area contributed by atoms with Crippen LogP contribution in [0.2, 0.25) is 0 Å². The van der Waals surface area contributed by atoms with Gasteiger partial charge in [-0.15, -0.1) is 0 Å². The molecule has 0 fully saturated rings. The summed E-state index contributed by atoms with van der Waals surface area (Å²) in [5.41, 5.74) is 5.71. The molecule has 1 amide bonds. The minimum atomic E-state index is 0.167. The van der Waals surface area contributed by atoms with Crippen LogP contribution >= 0.6 is 11.8 Å². The van der Waals surface area contributed by atoms with Gasteiger partial charge in [-0.25, -0.2) is 0 Å². The van der Waals surface area contributed by atoms with Gasteiger partial charge in [0.05, 0.1) is 0 Å². The van der Waals surface area contributed by atoms with Crippen molar-refractivity contribution in [1.29, 1.82) is 0 Å². The normalized spacial score (nSPS) is 12.7. The molecule has 0 saturated heterocycles. The molecule has 0 aliphatic carbocycles. The molecule has 0 unspecified atom stereocenters. The van der Waals surface area contributed by atoms with Crippen molar-refractivity contribution in [2.75, 3.05) is 25.1 Å². The SMILES string of the molecule is CSCCCCCCNC(=O)C[C@@H](CN)CC(C)C. The van der Waals surface area contributed by atoms with Gasteiger partial charge in [0.1, 0.15) is 0 Å². The Bertz CT molecular complexity index is 222. The summed E-state index contributed by atoms with van der Waals surface area (Å²) in [5.74, 6) is 2.36.